The van der Waals surface area contributed by atoms with Gasteiger partial charge < -0.3 is 105 Å². The number of aliphatic hydroxyl groups is 11. The summed E-state index contributed by atoms with van der Waals surface area (Å²) in [4.78, 5) is 35.0. The first kappa shape index (κ1) is 47.7. The van der Waals surface area contributed by atoms with Crippen LogP contribution >= 0.6 is 0 Å². The summed E-state index contributed by atoms with van der Waals surface area (Å²) in [6.07, 6.45) is -31.8. The Kier molecular flexibility index (Phi) is 16.4. The van der Waals surface area contributed by atoms with E-state index in [1.165, 1.54) is 12.1 Å². The first-order valence-corrected chi connectivity index (χ1v) is 18.7. The summed E-state index contributed by atoms with van der Waals surface area (Å²) >= 11 is 0. The zero-order chi connectivity index (χ0) is 44.2. The molecule has 4 fully saturated rings. The van der Waals surface area contributed by atoms with E-state index < -0.39 is 166 Å². The van der Waals surface area contributed by atoms with E-state index >= 15 is 0 Å². The number of hydrogen-bond donors (Lipinski definition) is 13. The topological polar surface area (TPSA) is 398 Å². The molecule has 26 heteroatoms. The van der Waals surface area contributed by atoms with Gasteiger partial charge in [0.15, 0.2) is 18.9 Å². The number of amides is 2. The van der Waals surface area contributed by atoms with Gasteiger partial charge in [-0.25, -0.2) is 0 Å². The summed E-state index contributed by atoms with van der Waals surface area (Å²) < 4.78 is 45.9. The minimum absolute atomic E-state index is 0.0119. The smallest absolute Gasteiger partial charge is 0.269 e. The van der Waals surface area contributed by atoms with E-state index in [1.807, 2.05) is 0 Å². The van der Waals surface area contributed by atoms with Crippen LogP contribution in [0.3, 0.4) is 0 Å². The molecule has 1 aromatic rings. The van der Waals surface area contributed by atoms with Gasteiger partial charge in [-0.3, -0.25) is 19.7 Å². The molecule has 26 nitrogen and oxygen atoms in total. The summed E-state index contributed by atoms with van der Waals surface area (Å²) in [5.74, 6) is -1.45. The lowest BCUT2D eigenvalue weighted by Crippen LogP contribution is -2.70. The van der Waals surface area contributed by atoms with Gasteiger partial charge in [0.2, 0.25) is 18.1 Å². The fourth-order valence-electron chi connectivity index (χ4n) is 7.21. The van der Waals surface area contributed by atoms with E-state index in [2.05, 4.69) is 10.6 Å². The number of carbonyl (C=O) groups excluding carboxylic acids is 2. The molecule has 0 spiro atoms. The van der Waals surface area contributed by atoms with Crippen LogP contribution in [0.5, 0.6) is 5.75 Å². The zero-order valence-corrected chi connectivity index (χ0v) is 32.0. The lowest BCUT2D eigenvalue weighted by molar-refractivity contribution is -0.384. The molecular formula is C34H51N3O23. The largest absolute Gasteiger partial charge is 0.463 e. The summed E-state index contributed by atoms with van der Waals surface area (Å²) in [7, 11) is 0. The molecule has 4 heterocycles. The van der Waals surface area contributed by atoms with Gasteiger partial charge in [0.25, 0.3) is 5.69 Å². The SMILES string of the molecule is CC(=O)N[C@H]1[C@H](O[C@H]2[C@@H](O)[C@@H](CO)O[C@@H](O[C@H]3[C@H](O)[C@@H](NC(C)=O)[C@H](Oc4ccc([N+](=O)[O-])cc4)O[C@@H]3CO)[C@@H]2O)O[C@H](CO)[C@@H](O[C@@H]2O[C@H](CO)[C@H](O)[C@H](O)[C@H]2O)[C@@H]1O. The van der Waals surface area contributed by atoms with Gasteiger partial charge in [0.05, 0.1) is 31.4 Å². The molecule has 0 bridgehead atoms. The summed E-state index contributed by atoms with van der Waals surface area (Å²) in [5, 5.41) is 133. The Balaban J connectivity index is 1.36. The van der Waals surface area contributed by atoms with Crippen molar-refractivity contribution in [2.75, 3.05) is 26.4 Å². The molecule has 5 rings (SSSR count). The Morgan fingerprint density at radius 3 is 1.45 bits per heavy atom. The number of nitro benzene ring substituents is 1. The van der Waals surface area contributed by atoms with Crippen molar-refractivity contribution in [3.05, 3.63) is 34.4 Å². The number of benzene rings is 1. The molecule has 0 aromatic heterocycles. The highest BCUT2D eigenvalue weighted by Crippen LogP contribution is 2.35. The van der Waals surface area contributed by atoms with Crippen LogP contribution in [0.2, 0.25) is 0 Å². The molecule has 340 valence electrons. The molecule has 1 aromatic carbocycles. The lowest BCUT2D eigenvalue weighted by Gasteiger charge is -2.50. The van der Waals surface area contributed by atoms with Crippen molar-refractivity contribution in [1.82, 2.24) is 10.6 Å². The van der Waals surface area contributed by atoms with Crippen LogP contribution in [0.15, 0.2) is 24.3 Å². The fourth-order valence-corrected chi connectivity index (χ4v) is 7.21. The predicted octanol–water partition coefficient (Wildman–Crippen LogP) is -7.47. The zero-order valence-electron chi connectivity index (χ0n) is 32.0. The Bertz CT molecular complexity index is 1580. The number of rotatable bonds is 15. The Labute approximate surface area is 339 Å². The number of aliphatic hydroxyl groups excluding tert-OH is 11. The Hall–Kier alpha value is -3.36. The molecule has 4 aliphatic heterocycles. The Morgan fingerprint density at radius 2 is 0.983 bits per heavy atom. The number of nitrogens with one attached hydrogen (secondary N) is 2. The van der Waals surface area contributed by atoms with E-state index in [0.717, 1.165) is 26.0 Å². The maximum Gasteiger partial charge on any atom is 0.269 e. The molecule has 20 atom stereocenters. The van der Waals surface area contributed by atoms with Gasteiger partial charge in [0, 0.05) is 26.0 Å². The maximum absolute atomic E-state index is 12.3. The minimum Gasteiger partial charge on any atom is -0.463 e. The van der Waals surface area contributed by atoms with E-state index in [4.69, 9.17) is 37.9 Å². The van der Waals surface area contributed by atoms with E-state index in [9.17, 15) is 75.9 Å². The van der Waals surface area contributed by atoms with Crippen molar-refractivity contribution in [3.63, 3.8) is 0 Å². The van der Waals surface area contributed by atoms with Gasteiger partial charge >= 0.3 is 0 Å². The molecule has 4 saturated heterocycles. The van der Waals surface area contributed by atoms with Crippen LogP contribution in [0.25, 0.3) is 0 Å². The van der Waals surface area contributed by atoms with Crippen LogP contribution < -0.4 is 15.4 Å². The quantitative estimate of drug-likeness (QED) is 0.0575. The number of nitrogens with zero attached hydrogens (tertiary/aromatic N) is 1. The van der Waals surface area contributed by atoms with Crippen molar-refractivity contribution in [2.24, 2.45) is 0 Å². The predicted molar refractivity (Wildman–Crippen MR) is 189 cm³/mol. The van der Waals surface area contributed by atoms with Crippen LogP contribution in [0.1, 0.15) is 13.8 Å². The average molecular weight is 870 g/mol. The highest BCUT2D eigenvalue weighted by Gasteiger charge is 2.56. The van der Waals surface area contributed by atoms with Crippen LogP contribution in [-0.4, -0.2) is 222 Å². The molecule has 0 aliphatic carbocycles. The van der Waals surface area contributed by atoms with E-state index in [-0.39, 0.29) is 11.4 Å². The third kappa shape index (κ3) is 10.5. The van der Waals surface area contributed by atoms with Crippen molar-refractivity contribution < 1.29 is 109 Å². The normalized spacial score (nSPS) is 42.2. The van der Waals surface area contributed by atoms with Gasteiger partial charge in [0.1, 0.15) is 103 Å². The van der Waals surface area contributed by atoms with Gasteiger partial charge in [-0.05, 0) is 12.1 Å². The first-order valence-electron chi connectivity index (χ1n) is 18.7. The van der Waals surface area contributed by atoms with Crippen molar-refractivity contribution in [3.8, 4) is 5.75 Å². The van der Waals surface area contributed by atoms with Crippen molar-refractivity contribution >= 4 is 17.5 Å². The van der Waals surface area contributed by atoms with E-state index in [0.29, 0.717) is 0 Å². The molecular weight excluding hydrogens is 818 g/mol. The highest BCUT2D eigenvalue weighted by molar-refractivity contribution is 5.73. The molecule has 2 amide bonds. The maximum atomic E-state index is 12.3. The van der Waals surface area contributed by atoms with Crippen LogP contribution in [0.4, 0.5) is 5.69 Å². The number of carbonyl (C=O) groups is 2. The number of non-ortho nitro benzene ring substituents is 1. The van der Waals surface area contributed by atoms with Gasteiger partial charge in [-0.1, -0.05) is 0 Å². The Morgan fingerprint density at radius 1 is 0.567 bits per heavy atom. The van der Waals surface area contributed by atoms with Crippen LogP contribution in [0, 0.1) is 10.1 Å². The van der Waals surface area contributed by atoms with Crippen LogP contribution in [-0.2, 0) is 42.7 Å². The minimum atomic E-state index is -2.09. The van der Waals surface area contributed by atoms with E-state index in [1.54, 1.807) is 0 Å². The molecule has 13 N–H and O–H groups in total. The second-order valence-electron chi connectivity index (χ2n) is 14.5. The van der Waals surface area contributed by atoms with Gasteiger partial charge in [-0.15, -0.1) is 0 Å². The standard InChI is InChI=1S/C34H51N3O23/c1-11(42)35-19-23(46)29(17(9-40)56-31(19)53-14-5-3-13(4-6-14)37(51)52)59-34-27(50)30(22(45)16(8-39)55-34)60-32-20(36-12(2)43)24(47)28(18(10-41)57-32)58-33-26(49)25(48)21(44)15(7-38)54-33/h3-6,15-34,38-41,44-50H,7-10H2,1-2H3,(H,35,42)(H,36,43)/t15-,16-,17-,18-,19-,20-,21+,22+,23-,24-,25+,26-,27-,28-,29-,30+,31-,32+,33+,34+/m1/s1. The third-order valence-electron chi connectivity index (χ3n) is 10.3. The average Bonchev–Trinajstić information content (AvgIpc) is 3.21. The van der Waals surface area contributed by atoms with Crippen molar-refractivity contribution in [1.29, 1.82) is 0 Å². The summed E-state index contributed by atoms with van der Waals surface area (Å²) in [5.41, 5.74) is -0.262. The molecule has 4 aliphatic rings. The molecule has 0 saturated carbocycles. The highest BCUT2D eigenvalue weighted by atomic mass is 16.8. The van der Waals surface area contributed by atoms with Crippen molar-refractivity contribution in [2.45, 2.75) is 137 Å². The fraction of sp³-hybridized carbons (Fsp3) is 0.765. The molecule has 0 unspecified atom stereocenters. The second kappa shape index (κ2) is 20.7. The number of hydrogen-bond acceptors (Lipinski definition) is 23. The summed E-state index contributed by atoms with van der Waals surface area (Å²) in [6.45, 7) is -1.41. The number of ether oxygens (including phenoxy) is 8. The first-order chi connectivity index (χ1) is 28.4. The third-order valence-corrected chi connectivity index (χ3v) is 10.3. The second-order valence-corrected chi connectivity index (χ2v) is 14.5. The summed E-state index contributed by atoms with van der Waals surface area (Å²) in [6, 6.07) is 1.59. The molecule has 0 radical (unpaired) electrons. The number of nitro groups is 1. The lowest BCUT2D eigenvalue weighted by atomic mass is 9.94. The van der Waals surface area contributed by atoms with Gasteiger partial charge in [-0.2, -0.15) is 0 Å². The monoisotopic (exact) mass is 869 g/mol. The molecule has 60 heavy (non-hydrogen) atoms.